The number of hydrogen-bond acceptors (Lipinski definition) is 2. The van der Waals surface area contributed by atoms with E-state index in [0.29, 0.717) is 18.1 Å². The summed E-state index contributed by atoms with van der Waals surface area (Å²) in [6.45, 7) is 0. The summed E-state index contributed by atoms with van der Waals surface area (Å²) in [7, 11) is 0. The summed E-state index contributed by atoms with van der Waals surface area (Å²) in [6.07, 6.45) is 5.33. The summed E-state index contributed by atoms with van der Waals surface area (Å²) in [5.74, 6) is 1.20. The fourth-order valence-electron chi connectivity index (χ4n) is 3.94. The minimum Gasteiger partial charge on any atom is -0.393 e. The van der Waals surface area contributed by atoms with E-state index in [1.54, 1.807) is 0 Å². The summed E-state index contributed by atoms with van der Waals surface area (Å²) in [6, 6.07) is 10.5. The lowest BCUT2D eigenvalue weighted by Crippen LogP contribution is -2.33. The third-order valence-electron chi connectivity index (χ3n) is 5.01. The molecule has 0 bridgehead atoms. The number of carbonyl (C=O) groups excluding carboxylic acids is 1. The van der Waals surface area contributed by atoms with Gasteiger partial charge in [-0.2, -0.15) is 0 Å². The Balaban J connectivity index is 1.76. The summed E-state index contributed by atoms with van der Waals surface area (Å²) < 4.78 is 0. The molecule has 1 aromatic rings. The van der Waals surface area contributed by atoms with Gasteiger partial charge in [0, 0.05) is 12.3 Å². The average Bonchev–Trinajstić information content (AvgIpc) is 2.86. The largest absolute Gasteiger partial charge is 0.393 e. The highest BCUT2D eigenvalue weighted by Gasteiger charge is 2.39. The van der Waals surface area contributed by atoms with Gasteiger partial charge in [-0.05, 0) is 43.1 Å². The Morgan fingerprint density at radius 3 is 2.53 bits per heavy atom. The molecular weight excluding hydrogens is 236 g/mol. The summed E-state index contributed by atoms with van der Waals surface area (Å²) >= 11 is 0. The van der Waals surface area contributed by atoms with E-state index in [4.69, 9.17) is 0 Å². The lowest BCUT2D eigenvalue weighted by atomic mass is 9.71. The van der Waals surface area contributed by atoms with Crippen molar-refractivity contribution in [3.05, 3.63) is 35.9 Å². The molecule has 0 radical (unpaired) electrons. The Morgan fingerprint density at radius 2 is 1.84 bits per heavy atom. The van der Waals surface area contributed by atoms with Crippen LogP contribution in [-0.4, -0.2) is 17.0 Å². The first-order valence-corrected chi connectivity index (χ1v) is 7.51. The Hall–Kier alpha value is -1.15. The molecule has 3 rings (SSSR count). The van der Waals surface area contributed by atoms with E-state index in [9.17, 15) is 9.90 Å². The van der Waals surface area contributed by atoms with Gasteiger partial charge in [-0.15, -0.1) is 0 Å². The number of aliphatic hydroxyl groups excluding tert-OH is 1. The monoisotopic (exact) mass is 258 g/mol. The van der Waals surface area contributed by atoms with E-state index in [-0.39, 0.29) is 17.9 Å². The van der Waals surface area contributed by atoms with Crippen molar-refractivity contribution in [1.82, 2.24) is 0 Å². The molecule has 4 atom stereocenters. The molecule has 102 valence electrons. The molecule has 19 heavy (non-hydrogen) atoms. The van der Waals surface area contributed by atoms with Gasteiger partial charge in [0.05, 0.1) is 6.10 Å². The van der Waals surface area contributed by atoms with Gasteiger partial charge < -0.3 is 5.11 Å². The van der Waals surface area contributed by atoms with Gasteiger partial charge in [-0.25, -0.2) is 0 Å². The molecule has 2 aliphatic rings. The van der Waals surface area contributed by atoms with Crippen LogP contribution in [-0.2, 0) is 4.79 Å². The Kier molecular flexibility index (Phi) is 3.69. The number of Topliss-reactive ketones (excluding diaryl/α,β-unsaturated/α-hetero) is 1. The van der Waals surface area contributed by atoms with Gasteiger partial charge in [0.25, 0.3) is 0 Å². The zero-order valence-corrected chi connectivity index (χ0v) is 11.3. The predicted octanol–water partition coefficient (Wildman–Crippen LogP) is 3.30. The van der Waals surface area contributed by atoms with E-state index < -0.39 is 0 Å². The first-order chi connectivity index (χ1) is 9.25. The first-order valence-electron chi connectivity index (χ1n) is 7.51. The van der Waals surface area contributed by atoms with Crippen molar-refractivity contribution in [2.75, 3.05) is 0 Å². The van der Waals surface area contributed by atoms with Crippen molar-refractivity contribution in [3.8, 4) is 0 Å². The lowest BCUT2D eigenvalue weighted by molar-refractivity contribution is -0.128. The number of hydrogen-bond donors (Lipinski definition) is 1. The standard InChI is InChI=1S/C17H22O2/c18-16-8-4-7-14(16)15-11-13(9-10-17(15)19)12-5-2-1-3-6-12/h1-3,5-6,13-16,18H,4,7-11H2. The molecule has 0 heterocycles. The van der Waals surface area contributed by atoms with Crippen LogP contribution in [0.25, 0.3) is 0 Å². The van der Waals surface area contributed by atoms with Crippen LogP contribution < -0.4 is 0 Å². The smallest absolute Gasteiger partial charge is 0.136 e. The van der Waals surface area contributed by atoms with E-state index in [0.717, 1.165) is 32.1 Å². The Morgan fingerprint density at radius 1 is 1.05 bits per heavy atom. The number of carbonyl (C=O) groups is 1. The van der Waals surface area contributed by atoms with E-state index in [1.807, 2.05) is 6.07 Å². The third kappa shape index (κ3) is 2.59. The highest BCUT2D eigenvalue weighted by atomic mass is 16.3. The van der Waals surface area contributed by atoms with E-state index in [2.05, 4.69) is 24.3 Å². The summed E-state index contributed by atoms with van der Waals surface area (Å²) in [5, 5.41) is 10.1. The van der Waals surface area contributed by atoms with Crippen LogP contribution in [0.1, 0.15) is 50.0 Å². The molecule has 2 saturated carbocycles. The Labute approximate surface area is 114 Å². The zero-order valence-electron chi connectivity index (χ0n) is 11.3. The SMILES string of the molecule is O=C1CCC(c2ccccc2)CC1C1CCCC1O. The lowest BCUT2D eigenvalue weighted by Gasteiger charge is -2.33. The van der Waals surface area contributed by atoms with Crippen LogP contribution in [0.2, 0.25) is 0 Å². The molecule has 1 N–H and O–H groups in total. The van der Waals surface area contributed by atoms with Crippen LogP contribution in [0.5, 0.6) is 0 Å². The van der Waals surface area contributed by atoms with Crippen LogP contribution >= 0.6 is 0 Å². The minimum absolute atomic E-state index is 0.0939. The van der Waals surface area contributed by atoms with Gasteiger partial charge >= 0.3 is 0 Å². The van der Waals surface area contributed by atoms with Crippen molar-refractivity contribution in [1.29, 1.82) is 0 Å². The quantitative estimate of drug-likeness (QED) is 0.883. The Bertz CT molecular complexity index is 440. The summed E-state index contributed by atoms with van der Waals surface area (Å²) in [4.78, 5) is 12.2. The maximum atomic E-state index is 12.2. The van der Waals surface area contributed by atoms with Crippen LogP contribution in [0, 0.1) is 11.8 Å². The molecule has 0 aromatic heterocycles. The van der Waals surface area contributed by atoms with Crippen molar-refractivity contribution >= 4 is 5.78 Å². The normalized spacial score (nSPS) is 35.5. The number of rotatable bonds is 2. The molecule has 0 spiro atoms. The second-order valence-corrected chi connectivity index (χ2v) is 6.12. The first kappa shape index (κ1) is 12.9. The molecule has 0 amide bonds. The highest BCUT2D eigenvalue weighted by molar-refractivity contribution is 5.82. The van der Waals surface area contributed by atoms with Crippen molar-refractivity contribution in [2.45, 2.75) is 50.5 Å². The van der Waals surface area contributed by atoms with E-state index in [1.165, 1.54) is 5.56 Å². The molecule has 2 heteroatoms. The minimum atomic E-state index is -0.247. The van der Waals surface area contributed by atoms with Crippen LogP contribution in [0.4, 0.5) is 0 Å². The molecule has 2 nitrogen and oxygen atoms in total. The molecule has 0 aliphatic heterocycles. The molecular formula is C17H22O2. The topological polar surface area (TPSA) is 37.3 Å². The second kappa shape index (κ2) is 5.46. The van der Waals surface area contributed by atoms with Crippen molar-refractivity contribution in [3.63, 3.8) is 0 Å². The predicted molar refractivity (Wildman–Crippen MR) is 74.9 cm³/mol. The van der Waals surface area contributed by atoms with Crippen molar-refractivity contribution < 1.29 is 9.90 Å². The number of aliphatic hydroxyl groups is 1. The molecule has 1 aromatic carbocycles. The van der Waals surface area contributed by atoms with Crippen LogP contribution in [0.3, 0.4) is 0 Å². The molecule has 4 unspecified atom stereocenters. The van der Waals surface area contributed by atoms with Crippen LogP contribution in [0.15, 0.2) is 30.3 Å². The number of benzene rings is 1. The maximum absolute atomic E-state index is 12.2. The van der Waals surface area contributed by atoms with Gasteiger partial charge in [0.15, 0.2) is 0 Å². The maximum Gasteiger partial charge on any atom is 0.136 e. The highest BCUT2D eigenvalue weighted by Crippen LogP contribution is 2.42. The fraction of sp³-hybridized carbons (Fsp3) is 0.588. The van der Waals surface area contributed by atoms with Crippen molar-refractivity contribution in [2.24, 2.45) is 11.8 Å². The number of ketones is 1. The summed E-state index contributed by atoms with van der Waals surface area (Å²) in [5.41, 5.74) is 1.35. The van der Waals surface area contributed by atoms with Gasteiger partial charge in [-0.3, -0.25) is 4.79 Å². The zero-order chi connectivity index (χ0) is 13.2. The molecule has 0 saturated heterocycles. The molecule has 2 fully saturated rings. The molecule has 2 aliphatic carbocycles. The van der Waals surface area contributed by atoms with E-state index >= 15 is 0 Å². The van der Waals surface area contributed by atoms with Gasteiger partial charge in [-0.1, -0.05) is 36.8 Å². The van der Waals surface area contributed by atoms with Gasteiger partial charge in [0.1, 0.15) is 5.78 Å². The second-order valence-electron chi connectivity index (χ2n) is 6.12. The fourth-order valence-corrected chi connectivity index (χ4v) is 3.94. The average molecular weight is 258 g/mol. The third-order valence-corrected chi connectivity index (χ3v) is 5.01. The van der Waals surface area contributed by atoms with Gasteiger partial charge in [0.2, 0.25) is 0 Å².